The summed E-state index contributed by atoms with van der Waals surface area (Å²) in [5.74, 6) is -0.664. The number of carbonyl (C=O) groups excluding carboxylic acids is 1. The Hall–Kier alpha value is -1.98. The molecule has 0 saturated heterocycles. The number of carbonyl (C=O) groups is 1. The van der Waals surface area contributed by atoms with E-state index in [0.717, 1.165) is 0 Å². The van der Waals surface area contributed by atoms with E-state index in [-0.39, 0.29) is 18.5 Å². The minimum atomic E-state index is -5.81. The number of nitrogens with one attached hydrogen (secondary N) is 1. The largest absolute Gasteiger partial charge is 0.534 e. The van der Waals surface area contributed by atoms with Crippen LogP contribution >= 0.6 is 0 Å². The topological polar surface area (TPSA) is 102 Å². The molecule has 0 aromatic carbocycles. The molecule has 1 aliphatic rings. The second kappa shape index (κ2) is 6.07. The molecule has 0 radical (unpaired) electrons. The highest BCUT2D eigenvalue weighted by atomic mass is 32.2. The van der Waals surface area contributed by atoms with E-state index in [9.17, 15) is 26.4 Å². The quantitative estimate of drug-likeness (QED) is 0.620. The highest BCUT2D eigenvalue weighted by Gasteiger charge is 2.49. The van der Waals surface area contributed by atoms with Crippen molar-refractivity contribution in [1.82, 2.24) is 15.1 Å². The fourth-order valence-electron chi connectivity index (χ4n) is 2.32. The number of aromatic nitrogens is 2. The van der Waals surface area contributed by atoms with Crippen molar-refractivity contribution < 1.29 is 35.3 Å². The predicted octanol–water partition coefficient (Wildman–Crippen LogP) is 2.49. The Morgan fingerprint density at radius 1 is 1.32 bits per heavy atom. The summed E-state index contributed by atoms with van der Waals surface area (Å²) in [6.45, 7) is 6.84. The summed E-state index contributed by atoms with van der Waals surface area (Å²) in [6.07, 6.45) is -0.524. The van der Waals surface area contributed by atoms with Gasteiger partial charge in [0.2, 0.25) is 0 Å². The number of halogens is 3. The van der Waals surface area contributed by atoms with Gasteiger partial charge < -0.3 is 8.92 Å². The van der Waals surface area contributed by atoms with E-state index < -0.39 is 39.2 Å². The maximum Gasteiger partial charge on any atom is 0.534 e. The van der Waals surface area contributed by atoms with Crippen molar-refractivity contribution in [2.75, 3.05) is 6.54 Å². The average Bonchev–Trinajstić information content (AvgIpc) is 2.79. The fourth-order valence-corrected chi connectivity index (χ4v) is 2.76. The second-order valence-electron chi connectivity index (χ2n) is 6.50. The van der Waals surface area contributed by atoms with Crippen LogP contribution in [-0.2, 0) is 21.3 Å². The van der Waals surface area contributed by atoms with Gasteiger partial charge in [0, 0.05) is 12.1 Å². The van der Waals surface area contributed by atoms with E-state index in [4.69, 9.17) is 4.74 Å². The zero-order valence-electron chi connectivity index (χ0n) is 14.0. The van der Waals surface area contributed by atoms with E-state index in [2.05, 4.69) is 14.4 Å². The molecule has 8 nitrogen and oxygen atoms in total. The molecule has 1 N–H and O–H groups in total. The zero-order valence-corrected chi connectivity index (χ0v) is 14.8. The van der Waals surface area contributed by atoms with Gasteiger partial charge in [0.15, 0.2) is 0 Å². The van der Waals surface area contributed by atoms with Crippen LogP contribution < -0.4 is 4.18 Å². The van der Waals surface area contributed by atoms with Crippen molar-refractivity contribution in [1.29, 1.82) is 0 Å². The van der Waals surface area contributed by atoms with Gasteiger partial charge in [0.25, 0.3) is 5.88 Å². The molecule has 1 amide bonds. The number of amides is 1. The SMILES string of the molecule is C[C@@H]1c2[nH]nc(OS(=O)(=O)C(F)(F)F)c2CCN1C(=O)OC(C)(C)C. The van der Waals surface area contributed by atoms with Gasteiger partial charge in [-0.1, -0.05) is 0 Å². The van der Waals surface area contributed by atoms with Crippen LogP contribution in [0.1, 0.15) is 45.0 Å². The molecule has 0 bridgehead atoms. The number of aromatic amines is 1. The summed E-state index contributed by atoms with van der Waals surface area (Å²) in [5.41, 5.74) is -5.79. The molecule has 0 aliphatic carbocycles. The maximum atomic E-state index is 12.4. The molecule has 1 aromatic rings. The molecule has 0 spiro atoms. The predicted molar refractivity (Wildman–Crippen MR) is 79.2 cm³/mol. The van der Waals surface area contributed by atoms with Crippen LogP contribution in [0.5, 0.6) is 5.88 Å². The average molecular weight is 385 g/mol. The number of hydrogen-bond donors (Lipinski definition) is 1. The van der Waals surface area contributed by atoms with E-state index in [1.54, 1.807) is 27.7 Å². The van der Waals surface area contributed by atoms with Crippen molar-refractivity contribution in [3.63, 3.8) is 0 Å². The number of rotatable bonds is 2. The van der Waals surface area contributed by atoms with Gasteiger partial charge in [-0.25, -0.2) is 4.79 Å². The Bertz CT molecular complexity index is 767. The van der Waals surface area contributed by atoms with E-state index in [1.807, 2.05) is 0 Å². The molecule has 0 fully saturated rings. The van der Waals surface area contributed by atoms with Gasteiger partial charge in [-0.05, 0) is 34.1 Å². The monoisotopic (exact) mass is 385 g/mol. The van der Waals surface area contributed by atoms with Gasteiger partial charge in [0.05, 0.1) is 11.7 Å². The minimum Gasteiger partial charge on any atom is -0.444 e. The van der Waals surface area contributed by atoms with Crippen LogP contribution in [0.2, 0.25) is 0 Å². The Kier molecular flexibility index (Phi) is 4.70. The molecular weight excluding hydrogens is 367 g/mol. The highest BCUT2D eigenvalue weighted by molar-refractivity contribution is 7.87. The lowest BCUT2D eigenvalue weighted by molar-refractivity contribution is -0.0501. The number of hydrogen-bond acceptors (Lipinski definition) is 6. The first-order valence-electron chi connectivity index (χ1n) is 7.30. The highest BCUT2D eigenvalue weighted by Crippen LogP contribution is 2.36. The fraction of sp³-hybridized carbons (Fsp3) is 0.692. The lowest BCUT2D eigenvalue weighted by Gasteiger charge is -2.34. The summed E-state index contributed by atoms with van der Waals surface area (Å²) in [4.78, 5) is 13.6. The molecule has 0 unspecified atom stereocenters. The van der Waals surface area contributed by atoms with E-state index in [1.165, 1.54) is 4.90 Å². The first-order valence-corrected chi connectivity index (χ1v) is 8.71. The van der Waals surface area contributed by atoms with Crippen molar-refractivity contribution in [3.8, 4) is 5.88 Å². The van der Waals surface area contributed by atoms with Crippen LogP contribution in [0.25, 0.3) is 0 Å². The van der Waals surface area contributed by atoms with Crippen molar-refractivity contribution >= 4 is 16.2 Å². The van der Waals surface area contributed by atoms with Crippen molar-refractivity contribution in [2.24, 2.45) is 0 Å². The Morgan fingerprint density at radius 3 is 2.44 bits per heavy atom. The number of ether oxygens (including phenoxy) is 1. The number of fused-ring (bicyclic) bond motifs is 1. The lowest BCUT2D eigenvalue weighted by Crippen LogP contribution is -2.42. The van der Waals surface area contributed by atoms with Gasteiger partial charge >= 0.3 is 21.7 Å². The van der Waals surface area contributed by atoms with Gasteiger partial charge in [-0.3, -0.25) is 10.00 Å². The molecule has 0 saturated carbocycles. The first kappa shape index (κ1) is 19.3. The van der Waals surface area contributed by atoms with Gasteiger partial charge in [0.1, 0.15) is 5.60 Å². The molecule has 25 heavy (non-hydrogen) atoms. The molecule has 1 atom stereocenters. The van der Waals surface area contributed by atoms with Crippen LogP contribution in [-0.4, -0.2) is 47.3 Å². The molecule has 12 heteroatoms. The third kappa shape index (κ3) is 3.99. The Morgan fingerprint density at radius 2 is 1.92 bits per heavy atom. The third-order valence-electron chi connectivity index (χ3n) is 3.45. The van der Waals surface area contributed by atoms with Crippen LogP contribution in [0, 0.1) is 0 Å². The first-order chi connectivity index (χ1) is 11.2. The number of alkyl halides is 3. The lowest BCUT2D eigenvalue weighted by atomic mass is 10.0. The third-order valence-corrected chi connectivity index (χ3v) is 4.39. The summed E-state index contributed by atoms with van der Waals surface area (Å²) in [5, 5.41) is 5.95. The summed E-state index contributed by atoms with van der Waals surface area (Å²) < 4.78 is 68.9. The summed E-state index contributed by atoms with van der Waals surface area (Å²) >= 11 is 0. The molecule has 2 heterocycles. The second-order valence-corrected chi connectivity index (χ2v) is 8.04. The number of H-pyrrole nitrogens is 1. The Balaban J connectivity index is 2.24. The minimum absolute atomic E-state index is 0.0676. The van der Waals surface area contributed by atoms with Crippen LogP contribution in [0.15, 0.2) is 0 Å². The Labute approximate surface area is 142 Å². The maximum absolute atomic E-state index is 12.4. The molecule has 2 rings (SSSR count). The molecular formula is C13H18F3N3O5S. The van der Waals surface area contributed by atoms with Gasteiger partial charge in [-0.2, -0.15) is 21.6 Å². The zero-order chi connectivity index (χ0) is 19.2. The number of nitrogens with zero attached hydrogens (tertiary/aromatic N) is 2. The van der Waals surface area contributed by atoms with E-state index in [0.29, 0.717) is 5.69 Å². The summed E-state index contributed by atoms with van der Waals surface area (Å²) in [6, 6.07) is -0.600. The van der Waals surface area contributed by atoms with E-state index >= 15 is 0 Å². The molecule has 1 aromatic heterocycles. The smallest absolute Gasteiger partial charge is 0.444 e. The van der Waals surface area contributed by atoms with Crippen LogP contribution in [0.3, 0.4) is 0 Å². The summed E-state index contributed by atoms with van der Waals surface area (Å²) in [7, 11) is -5.81. The standard InChI is InChI=1S/C13H18F3N3O5S/c1-7-9-8(5-6-19(7)11(20)23-12(2,3)4)10(18-17-9)24-25(21,22)13(14,15)16/h7H,5-6H2,1-4H3,(H,17,18)/t7-/m1/s1. The van der Waals surface area contributed by atoms with Crippen LogP contribution in [0.4, 0.5) is 18.0 Å². The molecule has 142 valence electrons. The normalized spacial score (nSPS) is 18.7. The molecule has 1 aliphatic heterocycles. The van der Waals surface area contributed by atoms with Crippen molar-refractivity contribution in [3.05, 3.63) is 11.3 Å². The van der Waals surface area contributed by atoms with Crippen molar-refractivity contribution in [2.45, 2.75) is 51.3 Å². The van der Waals surface area contributed by atoms with Gasteiger partial charge in [-0.15, -0.1) is 5.10 Å².